The maximum atomic E-state index is 13.0. The van der Waals surface area contributed by atoms with Gasteiger partial charge in [0.2, 0.25) is 0 Å². The minimum absolute atomic E-state index is 0.00377. The number of benzene rings is 1. The standard InChI is InChI=1S/C22H34N4O/c1-22(10-11-22)15-26(4)20-13-19(24-3)18(23-2)12-17(20)21(27)25-14-16-8-6-5-7-9-16/h12-13,16,24H,2,5-11,14-15H2,1,3-4H3,(H,25,27). The van der Waals surface area contributed by atoms with Gasteiger partial charge in [-0.15, -0.1) is 0 Å². The molecule has 0 unspecified atom stereocenters. The zero-order valence-electron chi connectivity index (χ0n) is 17.1. The molecular weight excluding hydrogens is 336 g/mol. The molecule has 0 atom stereocenters. The summed E-state index contributed by atoms with van der Waals surface area (Å²) >= 11 is 0. The van der Waals surface area contributed by atoms with Crippen molar-refractivity contribution in [1.29, 1.82) is 0 Å². The second kappa shape index (κ2) is 8.32. The zero-order chi connectivity index (χ0) is 19.4. The molecule has 2 N–H and O–H groups in total. The van der Waals surface area contributed by atoms with Crippen LogP contribution in [0.1, 0.15) is 62.2 Å². The molecule has 0 spiro atoms. The number of hydrogen-bond donors (Lipinski definition) is 2. The quantitative estimate of drug-likeness (QED) is 0.657. The summed E-state index contributed by atoms with van der Waals surface area (Å²) in [5, 5.41) is 6.36. The van der Waals surface area contributed by atoms with Crippen molar-refractivity contribution >= 4 is 29.7 Å². The van der Waals surface area contributed by atoms with Crippen LogP contribution in [0.15, 0.2) is 17.1 Å². The lowest BCUT2D eigenvalue weighted by Crippen LogP contribution is -2.33. The van der Waals surface area contributed by atoms with Gasteiger partial charge in [0.1, 0.15) is 0 Å². The van der Waals surface area contributed by atoms with E-state index in [0.717, 1.165) is 30.2 Å². The minimum Gasteiger partial charge on any atom is -0.386 e. The van der Waals surface area contributed by atoms with Gasteiger partial charge in [-0.05, 0) is 55.9 Å². The third-order valence-corrected chi connectivity index (χ3v) is 6.21. The van der Waals surface area contributed by atoms with E-state index in [-0.39, 0.29) is 5.91 Å². The molecule has 2 saturated carbocycles. The predicted molar refractivity (Wildman–Crippen MR) is 115 cm³/mol. The van der Waals surface area contributed by atoms with E-state index in [1.54, 1.807) is 0 Å². The van der Waals surface area contributed by atoms with Crippen LogP contribution in [0, 0.1) is 11.3 Å². The maximum absolute atomic E-state index is 13.0. The van der Waals surface area contributed by atoms with Gasteiger partial charge in [-0.25, -0.2) is 0 Å². The molecule has 2 aliphatic rings. The van der Waals surface area contributed by atoms with E-state index in [1.165, 1.54) is 44.9 Å². The fourth-order valence-electron chi connectivity index (χ4n) is 4.16. The molecule has 0 aliphatic heterocycles. The molecule has 5 nitrogen and oxygen atoms in total. The summed E-state index contributed by atoms with van der Waals surface area (Å²) in [5.41, 5.74) is 3.64. The average Bonchev–Trinajstić information content (AvgIpc) is 3.42. The Hall–Kier alpha value is -2.04. The Bertz CT molecular complexity index is 690. The van der Waals surface area contributed by atoms with Crippen molar-refractivity contribution in [3.63, 3.8) is 0 Å². The largest absolute Gasteiger partial charge is 0.386 e. The van der Waals surface area contributed by atoms with Crippen molar-refractivity contribution in [2.75, 3.05) is 37.4 Å². The Morgan fingerprint density at radius 1 is 1.30 bits per heavy atom. The van der Waals surface area contributed by atoms with Crippen molar-refractivity contribution in [2.24, 2.45) is 16.3 Å². The molecule has 27 heavy (non-hydrogen) atoms. The van der Waals surface area contributed by atoms with E-state index < -0.39 is 0 Å². The summed E-state index contributed by atoms with van der Waals surface area (Å²) in [6.45, 7) is 7.70. The number of carbonyl (C=O) groups excluding carboxylic acids is 1. The number of nitrogens with zero attached hydrogens (tertiary/aromatic N) is 2. The third-order valence-electron chi connectivity index (χ3n) is 6.21. The molecule has 1 amide bonds. The lowest BCUT2D eigenvalue weighted by molar-refractivity contribution is 0.0944. The highest BCUT2D eigenvalue weighted by Gasteiger charge is 2.38. The first-order valence-corrected chi connectivity index (χ1v) is 10.3. The summed E-state index contributed by atoms with van der Waals surface area (Å²) in [6, 6.07) is 3.90. The SMILES string of the molecule is C=Nc1cc(C(=O)NCC2CCCCC2)c(N(C)CC2(C)CC2)cc1NC. The number of anilines is 2. The van der Waals surface area contributed by atoms with Crippen LogP contribution in [0.5, 0.6) is 0 Å². The Morgan fingerprint density at radius 3 is 2.59 bits per heavy atom. The lowest BCUT2D eigenvalue weighted by Gasteiger charge is -2.27. The van der Waals surface area contributed by atoms with E-state index in [9.17, 15) is 4.79 Å². The average molecular weight is 371 g/mol. The zero-order valence-corrected chi connectivity index (χ0v) is 17.1. The van der Waals surface area contributed by atoms with Crippen LogP contribution in [-0.4, -0.2) is 39.8 Å². The highest BCUT2D eigenvalue weighted by Crippen LogP contribution is 2.46. The van der Waals surface area contributed by atoms with Gasteiger partial charge in [-0.1, -0.05) is 26.2 Å². The van der Waals surface area contributed by atoms with Crippen LogP contribution >= 0.6 is 0 Å². The Labute approximate surface area is 163 Å². The van der Waals surface area contributed by atoms with Crippen LogP contribution in [0.2, 0.25) is 0 Å². The van der Waals surface area contributed by atoms with E-state index in [0.29, 0.717) is 16.9 Å². The van der Waals surface area contributed by atoms with Gasteiger partial charge in [0.05, 0.1) is 22.6 Å². The number of aliphatic imine (C=N–C) groups is 1. The second-order valence-corrected chi connectivity index (χ2v) is 8.68. The Balaban J connectivity index is 1.81. The Kier molecular flexibility index (Phi) is 6.08. The van der Waals surface area contributed by atoms with E-state index >= 15 is 0 Å². The first-order valence-electron chi connectivity index (χ1n) is 10.3. The van der Waals surface area contributed by atoms with Crippen molar-refractivity contribution in [3.8, 4) is 0 Å². The number of amides is 1. The molecule has 5 heteroatoms. The normalized spacial score (nSPS) is 18.6. The summed E-state index contributed by atoms with van der Waals surface area (Å²) < 4.78 is 0. The van der Waals surface area contributed by atoms with Crippen molar-refractivity contribution in [3.05, 3.63) is 17.7 Å². The van der Waals surface area contributed by atoms with E-state index in [4.69, 9.17) is 0 Å². The highest BCUT2D eigenvalue weighted by atomic mass is 16.1. The van der Waals surface area contributed by atoms with Gasteiger partial charge in [0.15, 0.2) is 0 Å². The topological polar surface area (TPSA) is 56.7 Å². The van der Waals surface area contributed by atoms with Gasteiger partial charge in [-0.2, -0.15) is 0 Å². The first-order chi connectivity index (χ1) is 13.0. The van der Waals surface area contributed by atoms with E-state index in [2.05, 4.69) is 41.2 Å². The molecule has 148 valence electrons. The van der Waals surface area contributed by atoms with Gasteiger partial charge in [-0.3, -0.25) is 9.79 Å². The van der Waals surface area contributed by atoms with Gasteiger partial charge in [0, 0.05) is 27.2 Å². The Morgan fingerprint density at radius 2 is 2.00 bits per heavy atom. The van der Waals surface area contributed by atoms with Crippen LogP contribution in [-0.2, 0) is 0 Å². The summed E-state index contributed by atoms with van der Waals surface area (Å²) in [7, 11) is 3.95. The van der Waals surface area contributed by atoms with Crippen molar-refractivity contribution < 1.29 is 4.79 Å². The molecule has 0 bridgehead atoms. The monoisotopic (exact) mass is 370 g/mol. The van der Waals surface area contributed by atoms with Gasteiger partial charge in [0.25, 0.3) is 5.91 Å². The van der Waals surface area contributed by atoms with E-state index in [1.807, 2.05) is 19.2 Å². The minimum atomic E-state index is -0.00377. The van der Waals surface area contributed by atoms with Crippen LogP contribution in [0.25, 0.3) is 0 Å². The molecule has 1 aromatic rings. The molecular formula is C22H34N4O. The summed E-state index contributed by atoms with van der Waals surface area (Å²) in [4.78, 5) is 19.4. The van der Waals surface area contributed by atoms with Gasteiger partial charge < -0.3 is 15.5 Å². The summed E-state index contributed by atoms with van der Waals surface area (Å²) in [5.74, 6) is 0.610. The molecule has 2 aliphatic carbocycles. The lowest BCUT2D eigenvalue weighted by atomic mass is 9.89. The number of hydrogen-bond acceptors (Lipinski definition) is 4. The molecule has 1 aromatic carbocycles. The molecule has 0 aromatic heterocycles. The molecule has 2 fully saturated rings. The highest BCUT2D eigenvalue weighted by molar-refractivity contribution is 6.02. The first kappa shape index (κ1) is 19.7. The van der Waals surface area contributed by atoms with Crippen molar-refractivity contribution in [1.82, 2.24) is 5.32 Å². The van der Waals surface area contributed by atoms with Gasteiger partial charge >= 0.3 is 0 Å². The molecule has 3 rings (SSSR count). The summed E-state index contributed by atoms with van der Waals surface area (Å²) in [6.07, 6.45) is 8.87. The predicted octanol–water partition coefficient (Wildman–Crippen LogP) is 4.61. The van der Waals surface area contributed by atoms with Crippen LogP contribution in [0.3, 0.4) is 0 Å². The fraction of sp³-hybridized carbons (Fsp3) is 0.636. The third kappa shape index (κ3) is 4.82. The molecule has 0 radical (unpaired) electrons. The fourth-order valence-corrected chi connectivity index (χ4v) is 4.16. The smallest absolute Gasteiger partial charge is 0.253 e. The molecule has 0 saturated heterocycles. The van der Waals surface area contributed by atoms with Crippen LogP contribution in [0.4, 0.5) is 17.1 Å². The number of rotatable bonds is 8. The van der Waals surface area contributed by atoms with Crippen molar-refractivity contribution in [2.45, 2.75) is 51.9 Å². The second-order valence-electron chi connectivity index (χ2n) is 8.68. The maximum Gasteiger partial charge on any atom is 0.253 e. The molecule has 0 heterocycles. The number of nitrogens with one attached hydrogen (secondary N) is 2. The number of carbonyl (C=O) groups is 1. The van der Waals surface area contributed by atoms with Crippen LogP contribution < -0.4 is 15.5 Å².